The Balaban J connectivity index is 2.01. The summed E-state index contributed by atoms with van der Waals surface area (Å²) in [6.45, 7) is 0.0285. The first-order valence-electron chi connectivity index (χ1n) is 7.35. The molecule has 24 heavy (non-hydrogen) atoms. The van der Waals surface area contributed by atoms with E-state index in [1.165, 1.54) is 35.0 Å². The summed E-state index contributed by atoms with van der Waals surface area (Å²) in [7, 11) is 1.58. The Kier molecular flexibility index (Phi) is 5.47. The molecule has 1 heterocycles. The lowest BCUT2D eigenvalue weighted by molar-refractivity contribution is -0.121. The van der Waals surface area contributed by atoms with E-state index in [0.29, 0.717) is 0 Å². The van der Waals surface area contributed by atoms with E-state index >= 15 is 0 Å². The Hall–Kier alpha value is -2.96. The number of benzene rings is 1. The molecule has 2 rings (SSSR count). The number of hydrogen-bond donors (Lipinski definition) is 2. The zero-order valence-electron chi connectivity index (χ0n) is 13.2. The van der Waals surface area contributed by atoms with Crippen molar-refractivity contribution in [2.45, 2.75) is 6.42 Å². The average molecular weight is 331 g/mol. The number of aryl methyl sites for hydroxylation is 1. The number of amides is 2. The number of halogens is 1. The number of pyridine rings is 1. The van der Waals surface area contributed by atoms with E-state index in [1.54, 1.807) is 19.2 Å². The van der Waals surface area contributed by atoms with Crippen molar-refractivity contribution in [1.29, 1.82) is 0 Å². The third-order valence-corrected chi connectivity index (χ3v) is 3.67. The van der Waals surface area contributed by atoms with Gasteiger partial charge >= 0.3 is 0 Å². The van der Waals surface area contributed by atoms with Crippen LogP contribution < -0.4 is 16.6 Å². The number of nitrogens with two attached hydrogens (primary N) is 1. The van der Waals surface area contributed by atoms with Crippen molar-refractivity contribution in [2.24, 2.45) is 18.7 Å². The maximum Gasteiger partial charge on any atom is 0.251 e. The minimum absolute atomic E-state index is 0.0285. The first-order valence-corrected chi connectivity index (χ1v) is 7.35. The van der Waals surface area contributed by atoms with Gasteiger partial charge in [0.05, 0.1) is 5.92 Å². The average Bonchev–Trinajstić information content (AvgIpc) is 2.55. The highest BCUT2D eigenvalue weighted by Gasteiger charge is 2.18. The van der Waals surface area contributed by atoms with Gasteiger partial charge in [-0.3, -0.25) is 14.4 Å². The molecule has 0 aliphatic rings. The summed E-state index contributed by atoms with van der Waals surface area (Å²) in [5.74, 6) is -2.03. The summed E-state index contributed by atoms with van der Waals surface area (Å²) in [5, 5.41) is 2.60. The van der Waals surface area contributed by atoms with Crippen molar-refractivity contribution in [1.82, 2.24) is 9.88 Å². The quantitative estimate of drug-likeness (QED) is 0.811. The van der Waals surface area contributed by atoms with Gasteiger partial charge in [0.1, 0.15) is 5.82 Å². The Morgan fingerprint density at radius 1 is 1.25 bits per heavy atom. The molecule has 1 atom stereocenters. The second kappa shape index (κ2) is 7.54. The molecule has 0 fully saturated rings. The molecule has 2 amide bonds. The molecule has 1 aromatic carbocycles. The van der Waals surface area contributed by atoms with Crippen molar-refractivity contribution in [2.75, 3.05) is 6.54 Å². The van der Waals surface area contributed by atoms with Crippen LogP contribution >= 0.6 is 0 Å². The Bertz CT molecular complexity index is 799. The Labute approximate surface area is 138 Å². The van der Waals surface area contributed by atoms with Crippen LogP contribution in [0.1, 0.15) is 15.9 Å². The number of carbonyl (C=O) groups is 2. The fourth-order valence-corrected chi connectivity index (χ4v) is 2.19. The summed E-state index contributed by atoms with van der Waals surface area (Å²) >= 11 is 0. The van der Waals surface area contributed by atoms with Gasteiger partial charge in [-0.05, 0) is 30.2 Å². The van der Waals surface area contributed by atoms with Crippen molar-refractivity contribution in [3.63, 3.8) is 0 Å². The minimum atomic E-state index is -0.633. The van der Waals surface area contributed by atoms with Crippen LogP contribution in [0.5, 0.6) is 0 Å². The van der Waals surface area contributed by atoms with Crippen LogP contribution in [-0.4, -0.2) is 22.9 Å². The summed E-state index contributed by atoms with van der Waals surface area (Å²) < 4.78 is 14.3. The first-order chi connectivity index (χ1) is 11.4. The molecule has 0 aliphatic carbocycles. The predicted molar refractivity (Wildman–Crippen MR) is 86.8 cm³/mol. The normalized spacial score (nSPS) is 11.8. The molecule has 0 aliphatic heterocycles. The first kappa shape index (κ1) is 17.4. The number of rotatable bonds is 6. The number of carbonyl (C=O) groups excluding carboxylic acids is 2. The van der Waals surface area contributed by atoms with Crippen molar-refractivity contribution in [3.05, 3.63) is 69.9 Å². The van der Waals surface area contributed by atoms with Crippen molar-refractivity contribution >= 4 is 11.8 Å². The highest BCUT2D eigenvalue weighted by Crippen LogP contribution is 2.10. The summed E-state index contributed by atoms with van der Waals surface area (Å²) in [6, 6.07) is 8.45. The molecule has 3 N–H and O–H groups in total. The van der Waals surface area contributed by atoms with Gasteiger partial charge in [-0.2, -0.15) is 0 Å². The third-order valence-electron chi connectivity index (χ3n) is 3.67. The van der Waals surface area contributed by atoms with E-state index in [2.05, 4.69) is 5.32 Å². The summed E-state index contributed by atoms with van der Waals surface area (Å²) in [4.78, 5) is 35.2. The molecule has 7 heteroatoms. The molecule has 2 aromatic rings. The molecule has 1 aromatic heterocycles. The zero-order valence-corrected chi connectivity index (χ0v) is 13.2. The standard InChI is InChI=1S/C17H18FN3O3/c1-21-7-6-12(9-15(21)22)17(24)20-10-13(16(19)23)8-11-2-4-14(18)5-3-11/h2-7,9,13H,8,10H2,1H3,(H2,19,23)(H,20,24)/t13-/m0/s1. The molecular weight excluding hydrogens is 313 g/mol. The number of primary amides is 1. The van der Waals surface area contributed by atoms with Crippen LogP contribution in [0.15, 0.2) is 47.4 Å². The maximum absolute atomic E-state index is 12.9. The van der Waals surface area contributed by atoms with E-state index < -0.39 is 17.7 Å². The zero-order chi connectivity index (χ0) is 17.7. The lowest BCUT2D eigenvalue weighted by Gasteiger charge is -2.14. The lowest BCUT2D eigenvalue weighted by Crippen LogP contribution is -2.37. The fraction of sp³-hybridized carbons (Fsp3) is 0.235. The monoisotopic (exact) mass is 331 g/mol. The van der Waals surface area contributed by atoms with Gasteiger partial charge < -0.3 is 15.6 Å². The van der Waals surface area contributed by atoms with Crippen LogP contribution in [0.25, 0.3) is 0 Å². The van der Waals surface area contributed by atoms with Crippen LogP contribution in [0.4, 0.5) is 4.39 Å². The van der Waals surface area contributed by atoms with Crippen molar-refractivity contribution in [3.8, 4) is 0 Å². The van der Waals surface area contributed by atoms with Gasteiger partial charge in [0, 0.05) is 31.4 Å². The molecule has 0 spiro atoms. The van der Waals surface area contributed by atoms with E-state index in [1.807, 2.05) is 0 Å². The molecule has 0 bridgehead atoms. The SMILES string of the molecule is Cn1ccc(C(=O)NC[C@H](Cc2ccc(F)cc2)C(N)=O)cc1=O. The molecule has 0 saturated carbocycles. The minimum Gasteiger partial charge on any atom is -0.369 e. The number of aromatic nitrogens is 1. The second-order valence-corrected chi connectivity index (χ2v) is 5.50. The summed E-state index contributed by atoms with van der Waals surface area (Å²) in [5.41, 5.74) is 6.01. The molecule has 126 valence electrons. The largest absolute Gasteiger partial charge is 0.369 e. The van der Waals surface area contributed by atoms with Crippen LogP contribution in [0.3, 0.4) is 0 Å². The highest BCUT2D eigenvalue weighted by molar-refractivity contribution is 5.94. The summed E-state index contributed by atoms with van der Waals surface area (Å²) in [6.07, 6.45) is 1.77. The van der Waals surface area contributed by atoms with Gasteiger partial charge in [-0.1, -0.05) is 12.1 Å². The third kappa shape index (κ3) is 4.52. The lowest BCUT2D eigenvalue weighted by atomic mass is 9.98. The molecule has 6 nitrogen and oxygen atoms in total. The smallest absolute Gasteiger partial charge is 0.251 e. The number of nitrogens with one attached hydrogen (secondary N) is 1. The van der Waals surface area contributed by atoms with Gasteiger partial charge in [-0.15, -0.1) is 0 Å². The van der Waals surface area contributed by atoms with Gasteiger partial charge in [0.15, 0.2) is 0 Å². The van der Waals surface area contributed by atoms with Crippen LogP contribution in [0.2, 0.25) is 0 Å². The van der Waals surface area contributed by atoms with E-state index in [0.717, 1.165) is 5.56 Å². The highest BCUT2D eigenvalue weighted by atomic mass is 19.1. The van der Waals surface area contributed by atoms with E-state index in [9.17, 15) is 18.8 Å². The van der Waals surface area contributed by atoms with Crippen LogP contribution in [0, 0.1) is 11.7 Å². The molecule has 0 radical (unpaired) electrons. The van der Waals surface area contributed by atoms with Gasteiger partial charge in [-0.25, -0.2) is 4.39 Å². The molecule has 0 unspecified atom stereocenters. The second-order valence-electron chi connectivity index (χ2n) is 5.50. The van der Waals surface area contributed by atoms with Crippen molar-refractivity contribution < 1.29 is 14.0 Å². The number of nitrogens with zero attached hydrogens (tertiary/aromatic N) is 1. The van der Waals surface area contributed by atoms with Gasteiger partial charge in [0.25, 0.3) is 11.5 Å². The Morgan fingerprint density at radius 2 is 1.92 bits per heavy atom. The maximum atomic E-state index is 12.9. The topological polar surface area (TPSA) is 94.2 Å². The predicted octanol–water partition coefficient (Wildman–Crippen LogP) is 0.598. The molecular formula is C17H18FN3O3. The van der Waals surface area contributed by atoms with Crippen LogP contribution in [-0.2, 0) is 18.3 Å². The van der Waals surface area contributed by atoms with E-state index in [4.69, 9.17) is 5.73 Å². The number of hydrogen-bond acceptors (Lipinski definition) is 3. The van der Waals surface area contributed by atoms with Gasteiger partial charge in [0.2, 0.25) is 5.91 Å². The Morgan fingerprint density at radius 3 is 2.50 bits per heavy atom. The fourth-order valence-electron chi connectivity index (χ4n) is 2.19. The van der Waals surface area contributed by atoms with E-state index in [-0.39, 0.29) is 29.9 Å². The molecule has 0 saturated heterocycles.